The lowest BCUT2D eigenvalue weighted by Crippen LogP contribution is -2.48. The molecule has 2 amide bonds. The van der Waals surface area contributed by atoms with E-state index in [-0.39, 0.29) is 30.8 Å². The molecule has 2 fully saturated rings. The molecule has 9 heteroatoms. The molecule has 0 saturated carbocycles. The number of benzene rings is 1. The molecule has 4 rings (SSSR count). The minimum Gasteiger partial charge on any atom is -0.480 e. The standard InChI is InChI=1S/C27H34N4O5/c32-24(7-6-23(25(33)34)29-26(35)36-20-21-4-2-1-3-5-21)31-18-12-27(13-19-31)10-16-30(17-11-27)22-8-14-28-15-9-22/h1-5,8-9,14-15,23H,6-7,10-13,16-20H2,(H,29,35)(H,33,34). The minimum absolute atomic E-state index is 0.0249. The number of rotatable bonds is 8. The Morgan fingerprint density at radius 1 is 0.972 bits per heavy atom. The average molecular weight is 495 g/mol. The molecule has 1 aromatic heterocycles. The molecule has 1 unspecified atom stereocenters. The van der Waals surface area contributed by atoms with Gasteiger partial charge in [-0.1, -0.05) is 30.3 Å². The largest absolute Gasteiger partial charge is 0.480 e. The third-order valence-electron chi connectivity index (χ3n) is 7.48. The van der Waals surface area contributed by atoms with Crippen molar-refractivity contribution in [2.24, 2.45) is 5.41 Å². The smallest absolute Gasteiger partial charge is 0.408 e. The number of amides is 2. The fourth-order valence-corrected chi connectivity index (χ4v) is 5.11. The van der Waals surface area contributed by atoms with Gasteiger partial charge in [-0.15, -0.1) is 0 Å². The molecular weight excluding hydrogens is 460 g/mol. The molecule has 3 heterocycles. The Morgan fingerprint density at radius 2 is 1.61 bits per heavy atom. The number of aliphatic carboxylic acids is 1. The van der Waals surface area contributed by atoms with E-state index < -0.39 is 18.1 Å². The van der Waals surface area contributed by atoms with Crippen molar-refractivity contribution in [1.29, 1.82) is 0 Å². The normalized spacial score (nSPS) is 17.9. The van der Waals surface area contributed by atoms with E-state index in [0.29, 0.717) is 13.1 Å². The number of hydrogen-bond acceptors (Lipinski definition) is 6. The van der Waals surface area contributed by atoms with Gasteiger partial charge >= 0.3 is 12.1 Å². The number of carboxylic acid groups (broad SMARTS) is 1. The number of ether oxygens (including phenoxy) is 1. The van der Waals surface area contributed by atoms with Gasteiger partial charge in [-0.3, -0.25) is 9.78 Å². The Hall–Kier alpha value is -3.62. The van der Waals surface area contributed by atoms with Crippen molar-refractivity contribution in [3.63, 3.8) is 0 Å². The van der Waals surface area contributed by atoms with Crippen LogP contribution in [-0.4, -0.2) is 65.2 Å². The maximum absolute atomic E-state index is 12.8. The van der Waals surface area contributed by atoms with E-state index in [2.05, 4.69) is 15.2 Å². The summed E-state index contributed by atoms with van der Waals surface area (Å²) in [6, 6.07) is 12.1. The first kappa shape index (κ1) is 25.5. The number of carbonyl (C=O) groups is 3. The van der Waals surface area contributed by atoms with Crippen molar-refractivity contribution in [2.45, 2.75) is 51.2 Å². The molecule has 2 aliphatic heterocycles. The van der Waals surface area contributed by atoms with Crippen LogP contribution in [0.1, 0.15) is 44.1 Å². The zero-order valence-corrected chi connectivity index (χ0v) is 20.5. The lowest BCUT2D eigenvalue weighted by molar-refractivity contribution is -0.140. The van der Waals surface area contributed by atoms with Gasteiger partial charge in [-0.25, -0.2) is 9.59 Å². The first-order chi connectivity index (χ1) is 17.4. The van der Waals surface area contributed by atoms with Crippen LogP contribution in [0.15, 0.2) is 54.9 Å². The number of carbonyl (C=O) groups excluding carboxylic acids is 2. The Kier molecular flexibility index (Phi) is 8.40. The van der Waals surface area contributed by atoms with Gasteiger partial charge in [0.25, 0.3) is 0 Å². The fraction of sp³-hybridized carbons (Fsp3) is 0.481. The van der Waals surface area contributed by atoms with Gasteiger partial charge < -0.3 is 25.0 Å². The molecule has 1 atom stereocenters. The summed E-state index contributed by atoms with van der Waals surface area (Å²) in [4.78, 5) is 44.8. The first-order valence-corrected chi connectivity index (χ1v) is 12.6. The summed E-state index contributed by atoms with van der Waals surface area (Å²) in [6.07, 6.45) is 7.07. The molecule has 2 aromatic rings. The number of aromatic nitrogens is 1. The van der Waals surface area contributed by atoms with Crippen molar-refractivity contribution < 1.29 is 24.2 Å². The van der Waals surface area contributed by atoms with Crippen LogP contribution >= 0.6 is 0 Å². The molecule has 2 N–H and O–H groups in total. The Bertz CT molecular complexity index is 1010. The van der Waals surface area contributed by atoms with Crippen LogP contribution in [0.5, 0.6) is 0 Å². The molecule has 0 aliphatic carbocycles. The van der Waals surface area contributed by atoms with Gasteiger partial charge in [-0.2, -0.15) is 0 Å². The summed E-state index contributed by atoms with van der Waals surface area (Å²) >= 11 is 0. The Balaban J connectivity index is 1.19. The highest BCUT2D eigenvalue weighted by Crippen LogP contribution is 2.42. The van der Waals surface area contributed by atoms with E-state index in [0.717, 1.165) is 44.3 Å². The third-order valence-corrected chi connectivity index (χ3v) is 7.48. The molecule has 2 saturated heterocycles. The highest BCUT2D eigenvalue weighted by Gasteiger charge is 2.38. The SMILES string of the molecule is O=C(NC(CCC(=O)N1CCC2(CC1)CCN(c1ccncc1)CC2)C(=O)O)OCc1ccccc1. The summed E-state index contributed by atoms with van der Waals surface area (Å²) in [7, 11) is 0. The number of nitrogens with one attached hydrogen (secondary N) is 1. The molecule has 0 bridgehead atoms. The summed E-state index contributed by atoms with van der Waals surface area (Å²) < 4.78 is 5.12. The molecular formula is C27H34N4O5. The van der Waals surface area contributed by atoms with E-state index >= 15 is 0 Å². The van der Waals surface area contributed by atoms with Crippen molar-refractivity contribution in [1.82, 2.24) is 15.2 Å². The van der Waals surface area contributed by atoms with Gasteiger partial charge in [-0.05, 0) is 55.2 Å². The number of nitrogens with zero attached hydrogens (tertiary/aromatic N) is 3. The third kappa shape index (κ3) is 6.74. The van der Waals surface area contributed by atoms with E-state index in [1.807, 2.05) is 59.8 Å². The quantitative estimate of drug-likeness (QED) is 0.578. The first-order valence-electron chi connectivity index (χ1n) is 12.6. The number of alkyl carbamates (subject to hydrolysis) is 1. The van der Waals surface area contributed by atoms with E-state index in [9.17, 15) is 19.5 Å². The second-order valence-electron chi connectivity index (χ2n) is 9.71. The number of anilines is 1. The fourth-order valence-electron chi connectivity index (χ4n) is 5.11. The van der Waals surface area contributed by atoms with Crippen LogP contribution in [-0.2, 0) is 20.9 Å². The predicted molar refractivity (Wildman–Crippen MR) is 134 cm³/mol. The minimum atomic E-state index is -1.18. The van der Waals surface area contributed by atoms with E-state index in [1.54, 1.807) is 0 Å². The maximum atomic E-state index is 12.8. The topological polar surface area (TPSA) is 112 Å². The van der Waals surface area contributed by atoms with Gasteiger partial charge in [0.1, 0.15) is 12.6 Å². The van der Waals surface area contributed by atoms with Crippen molar-refractivity contribution in [3.8, 4) is 0 Å². The van der Waals surface area contributed by atoms with Crippen LogP contribution in [0.3, 0.4) is 0 Å². The van der Waals surface area contributed by atoms with Gasteiger partial charge in [0.05, 0.1) is 0 Å². The molecule has 9 nitrogen and oxygen atoms in total. The lowest BCUT2D eigenvalue weighted by atomic mass is 9.71. The van der Waals surface area contributed by atoms with Gasteiger partial charge in [0.2, 0.25) is 5.91 Å². The van der Waals surface area contributed by atoms with Crippen molar-refractivity contribution >= 4 is 23.7 Å². The molecule has 1 spiro atoms. The Labute approximate surface area is 211 Å². The maximum Gasteiger partial charge on any atom is 0.408 e. The zero-order valence-electron chi connectivity index (χ0n) is 20.5. The monoisotopic (exact) mass is 494 g/mol. The van der Waals surface area contributed by atoms with Crippen molar-refractivity contribution in [3.05, 3.63) is 60.4 Å². The second-order valence-corrected chi connectivity index (χ2v) is 9.71. The summed E-state index contributed by atoms with van der Waals surface area (Å²) in [5, 5.41) is 11.9. The average Bonchev–Trinajstić information content (AvgIpc) is 2.91. The van der Waals surface area contributed by atoms with Crippen LogP contribution in [0, 0.1) is 5.41 Å². The summed E-state index contributed by atoms with van der Waals surface area (Å²) in [5.74, 6) is -1.25. The number of piperidine rings is 2. The number of pyridine rings is 1. The van der Waals surface area contributed by atoms with Crippen LogP contribution in [0.2, 0.25) is 0 Å². The summed E-state index contributed by atoms with van der Waals surface area (Å²) in [6.45, 7) is 3.44. The molecule has 192 valence electrons. The highest BCUT2D eigenvalue weighted by molar-refractivity contribution is 5.81. The molecule has 2 aliphatic rings. The zero-order chi connectivity index (χ0) is 25.4. The number of hydrogen-bond donors (Lipinski definition) is 2. The lowest BCUT2D eigenvalue weighted by Gasteiger charge is -2.47. The molecule has 0 radical (unpaired) electrons. The van der Waals surface area contributed by atoms with Gasteiger partial charge in [0.15, 0.2) is 0 Å². The van der Waals surface area contributed by atoms with Crippen LogP contribution in [0.25, 0.3) is 0 Å². The molecule has 36 heavy (non-hydrogen) atoms. The predicted octanol–water partition coefficient (Wildman–Crippen LogP) is 3.45. The van der Waals surface area contributed by atoms with Crippen LogP contribution in [0.4, 0.5) is 10.5 Å². The van der Waals surface area contributed by atoms with E-state index in [4.69, 9.17) is 4.74 Å². The number of carboxylic acids is 1. The van der Waals surface area contributed by atoms with Crippen LogP contribution < -0.4 is 10.2 Å². The van der Waals surface area contributed by atoms with Crippen molar-refractivity contribution in [2.75, 3.05) is 31.1 Å². The summed E-state index contributed by atoms with van der Waals surface area (Å²) in [5.41, 5.74) is 2.28. The van der Waals surface area contributed by atoms with Gasteiger partial charge in [0, 0.05) is 50.7 Å². The van der Waals surface area contributed by atoms with E-state index in [1.165, 1.54) is 5.69 Å². The Morgan fingerprint density at radius 3 is 2.25 bits per heavy atom. The number of likely N-dealkylation sites (tertiary alicyclic amines) is 1. The molecule has 1 aromatic carbocycles. The second kappa shape index (κ2) is 11.9. The highest BCUT2D eigenvalue weighted by atomic mass is 16.5.